The number of aryl methyl sites for hydroxylation is 2. The number of nitrogens with zero attached hydrogens (tertiary/aromatic N) is 3. The van der Waals surface area contributed by atoms with Gasteiger partial charge in [-0.25, -0.2) is 17.9 Å². The summed E-state index contributed by atoms with van der Waals surface area (Å²) in [5.41, 5.74) is 3.81. The molecule has 3 aromatic rings. The van der Waals surface area contributed by atoms with Gasteiger partial charge in [0, 0.05) is 38.6 Å². The highest BCUT2D eigenvalue weighted by Gasteiger charge is 2.44. The Labute approximate surface area is 242 Å². The molecule has 0 bridgehead atoms. The number of urea groups is 1. The Morgan fingerprint density at radius 2 is 1.48 bits per heavy atom. The number of benzene rings is 3. The van der Waals surface area contributed by atoms with E-state index in [4.69, 9.17) is 0 Å². The summed E-state index contributed by atoms with van der Waals surface area (Å²) in [4.78, 5) is 17.7. The standard InChI is InChI=1S/C29H31F3N4O5S/c1-34(2)28(38)35-17-23(33-42(39,40)22-15-13-21(14-16-22)41-29(30,31)32)27(37)26(18-35)36-24-9-5-3-7-19(24)11-12-20-8-4-6-10-25(20)36/h3-10,13-16,23,26-27,33,37H,11-12,17-18H2,1-2H3/t23-,26+,27+/m1/s1. The molecule has 3 atom stereocenters. The maximum atomic E-state index is 13.4. The van der Waals surface area contributed by atoms with Gasteiger partial charge in [0.2, 0.25) is 10.0 Å². The van der Waals surface area contributed by atoms with Crippen LogP contribution < -0.4 is 14.4 Å². The molecule has 0 aromatic heterocycles. The first-order chi connectivity index (χ1) is 19.8. The number of nitrogens with one attached hydrogen (secondary N) is 1. The van der Waals surface area contributed by atoms with Crippen LogP contribution in [-0.4, -0.2) is 81.1 Å². The summed E-state index contributed by atoms with van der Waals surface area (Å²) >= 11 is 0. The number of carbonyl (C=O) groups is 1. The number of aliphatic hydroxyl groups excluding tert-OH is 1. The number of sulfonamides is 1. The second-order valence-electron chi connectivity index (χ2n) is 10.5. The zero-order valence-corrected chi connectivity index (χ0v) is 23.8. The highest BCUT2D eigenvalue weighted by atomic mass is 32.2. The predicted octanol–water partition coefficient (Wildman–Crippen LogP) is 3.90. The normalized spacial score (nSPS) is 20.8. The summed E-state index contributed by atoms with van der Waals surface area (Å²) in [5, 5.41) is 11.8. The van der Waals surface area contributed by atoms with Crippen molar-refractivity contribution < 1.29 is 36.2 Å². The zero-order valence-electron chi connectivity index (χ0n) is 23.0. The summed E-state index contributed by atoms with van der Waals surface area (Å²) in [7, 11) is -1.15. The first-order valence-corrected chi connectivity index (χ1v) is 14.8. The third-order valence-corrected chi connectivity index (χ3v) is 8.96. The highest BCUT2D eigenvalue weighted by Crippen LogP contribution is 2.39. The van der Waals surface area contributed by atoms with Crippen LogP contribution in [0.5, 0.6) is 5.75 Å². The van der Waals surface area contributed by atoms with Crippen molar-refractivity contribution in [3.63, 3.8) is 0 Å². The molecule has 3 aromatic carbocycles. The van der Waals surface area contributed by atoms with Crippen molar-refractivity contribution in [1.82, 2.24) is 14.5 Å². The molecule has 9 nitrogen and oxygen atoms in total. The van der Waals surface area contributed by atoms with Crippen LogP contribution in [0.4, 0.5) is 29.3 Å². The Hall–Kier alpha value is -3.81. The number of fused-ring (bicyclic) bond motifs is 2. The molecule has 42 heavy (non-hydrogen) atoms. The van der Waals surface area contributed by atoms with E-state index in [1.54, 1.807) is 14.1 Å². The SMILES string of the molecule is CN(C)C(=O)N1C[C@@H](NS(=O)(=O)c2ccc(OC(F)(F)F)cc2)[C@H](O)[C@@H](N2c3ccccc3CCc3ccccc32)C1. The van der Waals surface area contributed by atoms with Gasteiger partial charge in [0.15, 0.2) is 0 Å². The number of likely N-dealkylation sites (tertiary alicyclic amines) is 1. The molecule has 0 unspecified atom stereocenters. The molecule has 2 aliphatic rings. The van der Waals surface area contributed by atoms with E-state index in [2.05, 4.69) is 9.46 Å². The largest absolute Gasteiger partial charge is 0.573 e. The molecular weight excluding hydrogens is 573 g/mol. The third-order valence-electron chi connectivity index (χ3n) is 7.46. The number of carbonyl (C=O) groups excluding carboxylic acids is 1. The number of hydrogen-bond donors (Lipinski definition) is 2. The lowest BCUT2D eigenvalue weighted by atomic mass is 9.94. The summed E-state index contributed by atoms with van der Waals surface area (Å²) in [6.07, 6.45) is -4.67. The summed E-state index contributed by atoms with van der Waals surface area (Å²) in [6, 6.07) is 17.1. The number of anilines is 2. The first kappa shape index (κ1) is 29.7. The van der Waals surface area contributed by atoms with Gasteiger partial charge in [0.05, 0.1) is 23.1 Å². The number of piperidine rings is 1. The number of amides is 2. The van der Waals surface area contributed by atoms with Gasteiger partial charge in [-0.05, 0) is 60.4 Å². The van der Waals surface area contributed by atoms with E-state index in [-0.39, 0.29) is 24.0 Å². The molecular formula is C29H31F3N4O5S. The first-order valence-electron chi connectivity index (χ1n) is 13.3. The predicted molar refractivity (Wildman–Crippen MR) is 150 cm³/mol. The summed E-state index contributed by atoms with van der Waals surface area (Å²) < 4.78 is 70.8. The fourth-order valence-corrected chi connectivity index (χ4v) is 6.80. The van der Waals surface area contributed by atoms with Crippen molar-refractivity contribution in [2.24, 2.45) is 0 Å². The van der Waals surface area contributed by atoms with Crippen LogP contribution in [0.15, 0.2) is 77.7 Å². The average molecular weight is 605 g/mol. The Kier molecular flexibility index (Phi) is 8.10. The molecule has 2 aliphatic heterocycles. The van der Waals surface area contributed by atoms with E-state index in [0.29, 0.717) is 0 Å². The Balaban J connectivity index is 1.51. The van der Waals surface area contributed by atoms with Gasteiger partial charge in [-0.1, -0.05) is 36.4 Å². The van der Waals surface area contributed by atoms with E-state index in [9.17, 15) is 31.5 Å². The van der Waals surface area contributed by atoms with Gasteiger partial charge >= 0.3 is 12.4 Å². The number of halogens is 3. The van der Waals surface area contributed by atoms with Crippen LogP contribution in [0.25, 0.3) is 0 Å². The lowest BCUT2D eigenvalue weighted by Crippen LogP contribution is -2.66. The molecule has 1 saturated heterocycles. The molecule has 5 rings (SSSR count). The fraction of sp³-hybridized carbons (Fsp3) is 0.345. The molecule has 2 N–H and O–H groups in total. The Bertz CT molecular complexity index is 1500. The number of hydrogen-bond acceptors (Lipinski definition) is 6. The van der Waals surface area contributed by atoms with E-state index < -0.39 is 40.3 Å². The Morgan fingerprint density at radius 3 is 2.00 bits per heavy atom. The number of ether oxygens (including phenoxy) is 1. The van der Waals surface area contributed by atoms with Crippen molar-refractivity contribution >= 4 is 27.4 Å². The molecule has 0 radical (unpaired) electrons. The number of aliphatic hydroxyl groups is 1. The van der Waals surface area contributed by atoms with Gasteiger partial charge in [0.1, 0.15) is 5.75 Å². The van der Waals surface area contributed by atoms with E-state index in [1.807, 2.05) is 53.4 Å². The van der Waals surface area contributed by atoms with E-state index in [0.717, 1.165) is 59.6 Å². The van der Waals surface area contributed by atoms with Gasteiger partial charge in [0.25, 0.3) is 0 Å². The highest BCUT2D eigenvalue weighted by molar-refractivity contribution is 7.89. The Morgan fingerprint density at radius 1 is 0.929 bits per heavy atom. The van der Waals surface area contributed by atoms with E-state index >= 15 is 0 Å². The topological polar surface area (TPSA) is 102 Å². The molecule has 1 fully saturated rings. The minimum absolute atomic E-state index is 0.114. The van der Waals surface area contributed by atoms with Crippen LogP contribution in [0.1, 0.15) is 11.1 Å². The van der Waals surface area contributed by atoms with Crippen LogP contribution in [-0.2, 0) is 22.9 Å². The fourth-order valence-electron chi connectivity index (χ4n) is 5.56. The number of alkyl halides is 3. The van der Waals surface area contributed by atoms with Gasteiger partial charge in [-0.2, -0.15) is 0 Å². The quantitative estimate of drug-likeness (QED) is 0.458. The molecule has 0 aliphatic carbocycles. The minimum atomic E-state index is -4.92. The second-order valence-corrected chi connectivity index (χ2v) is 12.2. The van der Waals surface area contributed by atoms with Crippen molar-refractivity contribution in [1.29, 1.82) is 0 Å². The lowest BCUT2D eigenvalue weighted by Gasteiger charge is -2.47. The van der Waals surface area contributed by atoms with Crippen LogP contribution in [0, 0.1) is 0 Å². The maximum Gasteiger partial charge on any atom is 0.573 e. The smallest absolute Gasteiger partial charge is 0.406 e. The zero-order chi connectivity index (χ0) is 30.2. The summed E-state index contributed by atoms with van der Waals surface area (Å²) in [6.45, 7) is -0.0110. The van der Waals surface area contributed by atoms with Crippen LogP contribution in [0.3, 0.4) is 0 Å². The number of rotatable bonds is 5. The average Bonchev–Trinajstić information content (AvgIpc) is 3.10. The van der Waals surface area contributed by atoms with Crippen molar-refractivity contribution in [2.75, 3.05) is 32.1 Å². The molecule has 224 valence electrons. The van der Waals surface area contributed by atoms with Gasteiger partial charge < -0.3 is 24.5 Å². The van der Waals surface area contributed by atoms with Gasteiger partial charge in [-0.3, -0.25) is 0 Å². The second kappa shape index (κ2) is 11.5. The van der Waals surface area contributed by atoms with Crippen molar-refractivity contribution in [3.8, 4) is 5.75 Å². The van der Waals surface area contributed by atoms with Crippen LogP contribution >= 0.6 is 0 Å². The molecule has 2 heterocycles. The summed E-state index contributed by atoms with van der Waals surface area (Å²) in [5.74, 6) is -0.569. The maximum absolute atomic E-state index is 13.4. The van der Waals surface area contributed by atoms with Crippen molar-refractivity contribution in [3.05, 3.63) is 83.9 Å². The monoisotopic (exact) mass is 604 g/mol. The van der Waals surface area contributed by atoms with Crippen molar-refractivity contribution in [2.45, 2.75) is 42.3 Å². The van der Waals surface area contributed by atoms with E-state index in [1.165, 1.54) is 9.80 Å². The molecule has 0 saturated carbocycles. The third kappa shape index (κ3) is 6.18. The molecule has 13 heteroatoms. The molecule has 2 amide bonds. The molecule has 0 spiro atoms. The van der Waals surface area contributed by atoms with Crippen LogP contribution in [0.2, 0.25) is 0 Å². The lowest BCUT2D eigenvalue weighted by molar-refractivity contribution is -0.274. The van der Waals surface area contributed by atoms with Gasteiger partial charge in [-0.15, -0.1) is 13.2 Å². The minimum Gasteiger partial charge on any atom is -0.406 e. The number of para-hydroxylation sites is 2.